The Bertz CT molecular complexity index is 956. The molecule has 0 radical (unpaired) electrons. The molecule has 2 aromatic rings. The van der Waals surface area contributed by atoms with Gasteiger partial charge < -0.3 is 9.84 Å². The van der Waals surface area contributed by atoms with Crippen molar-refractivity contribution in [1.82, 2.24) is 4.31 Å². The van der Waals surface area contributed by atoms with E-state index >= 15 is 0 Å². The van der Waals surface area contributed by atoms with Gasteiger partial charge in [-0.25, -0.2) is 13.2 Å². The summed E-state index contributed by atoms with van der Waals surface area (Å²) in [6.45, 7) is 3.34. The Morgan fingerprint density at radius 1 is 1.22 bits per heavy atom. The molecule has 1 N–H and O–H groups in total. The molecule has 0 atom stereocenters. The van der Waals surface area contributed by atoms with E-state index in [1.54, 1.807) is 24.3 Å². The van der Waals surface area contributed by atoms with Crippen LogP contribution in [-0.2, 0) is 14.8 Å². The van der Waals surface area contributed by atoms with Crippen molar-refractivity contribution in [3.63, 3.8) is 0 Å². The molecule has 0 unspecified atom stereocenters. The van der Waals surface area contributed by atoms with Crippen LogP contribution in [0.2, 0.25) is 0 Å². The quantitative estimate of drug-likeness (QED) is 0.710. The van der Waals surface area contributed by atoms with Gasteiger partial charge in [-0.2, -0.15) is 4.31 Å². The molecular formula is C19H21NO5S2. The highest BCUT2D eigenvalue weighted by atomic mass is 32.2. The van der Waals surface area contributed by atoms with Crippen LogP contribution in [0.4, 0.5) is 0 Å². The van der Waals surface area contributed by atoms with Gasteiger partial charge in [0.25, 0.3) is 10.0 Å². The number of carboxylic acid groups (broad SMARTS) is 1. The standard InChI is InChI=1S/C19H21NO5S2/c1-2-25-16-8-4-3-7-14(16)13-15(19(21)22)17-9-10-18(26-17)27(23,24)20-11-5-6-12-20/h3-4,7-10,13H,2,5-6,11-12H2,1H3,(H,21,22)/b15-13-. The fourth-order valence-electron chi connectivity index (χ4n) is 2.94. The fraction of sp³-hybridized carbons (Fsp3) is 0.316. The predicted molar refractivity (Wildman–Crippen MR) is 105 cm³/mol. The third-order valence-corrected chi connectivity index (χ3v) is 7.74. The molecule has 6 nitrogen and oxygen atoms in total. The summed E-state index contributed by atoms with van der Waals surface area (Å²) < 4.78 is 32.5. The first-order valence-electron chi connectivity index (χ1n) is 8.70. The van der Waals surface area contributed by atoms with Gasteiger partial charge >= 0.3 is 5.97 Å². The molecule has 1 aliphatic rings. The van der Waals surface area contributed by atoms with Gasteiger partial charge in [-0.15, -0.1) is 11.3 Å². The number of ether oxygens (including phenoxy) is 1. The molecule has 0 saturated carbocycles. The molecule has 1 aromatic carbocycles. The van der Waals surface area contributed by atoms with E-state index in [0.29, 0.717) is 35.9 Å². The monoisotopic (exact) mass is 407 g/mol. The number of nitrogens with zero attached hydrogens (tertiary/aromatic N) is 1. The van der Waals surface area contributed by atoms with Crippen LogP contribution >= 0.6 is 11.3 Å². The zero-order valence-electron chi connectivity index (χ0n) is 14.9. The van der Waals surface area contributed by atoms with Crippen LogP contribution < -0.4 is 4.74 Å². The summed E-state index contributed by atoms with van der Waals surface area (Å²) >= 11 is 0.982. The molecule has 3 rings (SSSR count). The molecule has 1 aromatic heterocycles. The molecule has 1 saturated heterocycles. The van der Waals surface area contributed by atoms with Gasteiger partial charge in [-0.3, -0.25) is 0 Å². The Morgan fingerprint density at radius 3 is 2.59 bits per heavy atom. The van der Waals surface area contributed by atoms with Crippen molar-refractivity contribution in [3.05, 3.63) is 46.8 Å². The average Bonchev–Trinajstić information content (AvgIpc) is 3.33. The molecule has 0 spiro atoms. The normalized spacial score (nSPS) is 15.8. The summed E-state index contributed by atoms with van der Waals surface area (Å²) in [5.74, 6) is -0.534. The Balaban J connectivity index is 1.98. The van der Waals surface area contributed by atoms with E-state index in [1.165, 1.54) is 16.4 Å². The van der Waals surface area contributed by atoms with Crippen LogP contribution in [0.25, 0.3) is 11.6 Å². The van der Waals surface area contributed by atoms with Crippen molar-refractivity contribution in [2.45, 2.75) is 24.0 Å². The van der Waals surface area contributed by atoms with E-state index in [2.05, 4.69) is 0 Å². The number of carbonyl (C=O) groups is 1. The average molecular weight is 408 g/mol. The van der Waals surface area contributed by atoms with Crippen LogP contribution in [0.1, 0.15) is 30.2 Å². The van der Waals surface area contributed by atoms with Crippen LogP contribution in [0, 0.1) is 0 Å². The fourth-order valence-corrected chi connectivity index (χ4v) is 5.93. The van der Waals surface area contributed by atoms with Crippen LogP contribution in [-0.4, -0.2) is 43.5 Å². The molecule has 1 fully saturated rings. The second kappa shape index (κ2) is 8.24. The molecule has 8 heteroatoms. The zero-order valence-corrected chi connectivity index (χ0v) is 16.6. The summed E-state index contributed by atoms with van der Waals surface area (Å²) in [6.07, 6.45) is 3.23. The van der Waals surface area contributed by atoms with Crippen molar-refractivity contribution in [3.8, 4) is 5.75 Å². The number of hydrogen-bond donors (Lipinski definition) is 1. The smallest absolute Gasteiger partial charge is 0.337 e. The lowest BCUT2D eigenvalue weighted by Crippen LogP contribution is -2.27. The lowest BCUT2D eigenvalue weighted by Gasteiger charge is -2.13. The van der Waals surface area contributed by atoms with Crippen LogP contribution in [0.15, 0.2) is 40.6 Å². The van der Waals surface area contributed by atoms with Crippen molar-refractivity contribution in [2.75, 3.05) is 19.7 Å². The van der Waals surface area contributed by atoms with Gasteiger partial charge in [0, 0.05) is 23.5 Å². The van der Waals surface area contributed by atoms with Gasteiger partial charge in [-0.1, -0.05) is 18.2 Å². The van der Waals surface area contributed by atoms with Gasteiger partial charge in [0.15, 0.2) is 0 Å². The highest BCUT2D eigenvalue weighted by Gasteiger charge is 2.29. The van der Waals surface area contributed by atoms with E-state index in [4.69, 9.17) is 4.74 Å². The Labute approximate surface area is 162 Å². The summed E-state index contributed by atoms with van der Waals surface area (Å²) in [4.78, 5) is 12.2. The maximum absolute atomic E-state index is 12.7. The van der Waals surface area contributed by atoms with Crippen molar-refractivity contribution < 1.29 is 23.1 Å². The third kappa shape index (κ3) is 4.23. The number of para-hydroxylation sites is 1. The Kier molecular flexibility index (Phi) is 5.98. The number of carboxylic acids is 1. The van der Waals surface area contributed by atoms with Crippen molar-refractivity contribution >= 4 is 39.0 Å². The lowest BCUT2D eigenvalue weighted by atomic mass is 10.1. The number of aliphatic carboxylic acids is 1. The second-order valence-electron chi connectivity index (χ2n) is 6.06. The molecule has 0 bridgehead atoms. The first-order chi connectivity index (χ1) is 12.9. The van der Waals surface area contributed by atoms with Crippen molar-refractivity contribution in [1.29, 1.82) is 0 Å². The zero-order chi connectivity index (χ0) is 19.4. The van der Waals surface area contributed by atoms with E-state index < -0.39 is 16.0 Å². The first kappa shape index (κ1) is 19.6. The number of thiophene rings is 1. The highest BCUT2D eigenvalue weighted by molar-refractivity contribution is 7.91. The van der Waals surface area contributed by atoms with E-state index in [1.807, 2.05) is 13.0 Å². The number of benzene rings is 1. The SMILES string of the molecule is CCOc1ccccc1/C=C(\C(=O)O)c1ccc(S(=O)(=O)N2CCCC2)s1. The number of rotatable bonds is 7. The molecule has 1 aliphatic heterocycles. The minimum Gasteiger partial charge on any atom is -0.493 e. The van der Waals surface area contributed by atoms with Gasteiger partial charge in [0.05, 0.1) is 12.2 Å². The Morgan fingerprint density at radius 2 is 1.93 bits per heavy atom. The van der Waals surface area contributed by atoms with Gasteiger partial charge in [0.1, 0.15) is 9.96 Å². The molecule has 27 heavy (non-hydrogen) atoms. The second-order valence-corrected chi connectivity index (χ2v) is 9.31. The van der Waals surface area contributed by atoms with Crippen LogP contribution in [0.3, 0.4) is 0 Å². The molecule has 0 amide bonds. The predicted octanol–water partition coefficient (Wildman–Crippen LogP) is 3.56. The summed E-state index contributed by atoms with van der Waals surface area (Å²) in [5.41, 5.74) is 0.670. The maximum Gasteiger partial charge on any atom is 0.337 e. The van der Waals surface area contributed by atoms with Gasteiger partial charge in [-0.05, 0) is 44.0 Å². The van der Waals surface area contributed by atoms with Gasteiger partial charge in [0.2, 0.25) is 0 Å². The van der Waals surface area contributed by atoms with E-state index in [9.17, 15) is 18.3 Å². The summed E-state index contributed by atoms with van der Waals surface area (Å²) in [7, 11) is -3.56. The largest absolute Gasteiger partial charge is 0.493 e. The number of sulfonamides is 1. The molecule has 144 valence electrons. The topological polar surface area (TPSA) is 83.9 Å². The maximum atomic E-state index is 12.7. The molecular weight excluding hydrogens is 386 g/mol. The van der Waals surface area contributed by atoms with E-state index in [-0.39, 0.29) is 9.78 Å². The minimum absolute atomic E-state index is 0.0371. The number of hydrogen-bond acceptors (Lipinski definition) is 5. The summed E-state index contributed by atoms with van der Waals surface area (Å²) in [5, 5.41) is 9.67. The van der Waals surface area contributed by atoms with E-state index in [0.717, 1.165) is 24.2 Å². The molecule has 0 aliphatic carbocycles. The van der Waals surface area contributed by atoms with Crippen molar-refractivity contribution in [2.24, 2.45) is 0 Å². The Hall–Kier alpha value is -2.16. The first-order valence-corrected chi connectivity index (χ1v) is 11.0. The minimum atomic E-state index is -3.56. The van der Waals surface area contributed by atoms with Crippen LogP contribution in [0.5, 0.6) is 5.75 Å². The highest BCUT2D eigenvalue weighted by Crippen LogP contribution is 2.33. The molecule has 2 heterocycles. The summed E-state index contributed by atoms with van der Waals surface area (Å²) in [6, 6.07) is 10.2. The lowest BCUT2D eigenvalue weighted by molar-refractivity contribution is -0.130. The third-order valence-electron chi connectivity index (χ3n) is 4.26.